The molecule has 1 heterocycles. The molecule has 122 valence electrons. The number of amides is 2. The van der Waals surface area contributed by atoms with Crippen LogP contribution in [-0.4, -0.2) is 36.2 Å². The summed E-state index contributed by atoms with van der Waals surface area (Å²) in [5.41, 5.74) is 0.384. The Morgan fingerprint density at radius 2 is 1.87 bits per heavy atom. The number of ether oxygens (including phenoxy) is 1. The minimum absolute atomic E-state index is 0.272. The first-order valence-electron chi connectivity index (χ1n) is 6.99. The highest BCUT2D eigenvalue weighted by atomic mass is 19.1. The fourth-order valence-electron chi connectivity index (χ4n) is 1.97. The van der Waals surface area contributed by atoms with Gasteiger partial charge in [0, 0.05) is 32.6 Å². The number of methoxy groups -OCH3 is 1. The fourth-order valence-corrected chi connectivity index (χ4v) is 1.97. The minimum Gasteiger partial charge on any atom is -0.383 e. The number of para-hydroxylation sites is 1. The number of hydrogen-bond acceptors (Lipinski definition) is 3. The number of benzene rings is 1. The number of rotatable bonds is 6. The molecule has 0 saturated heterocycles. The van der Waals surface area contributed by atoms with E-state index in [0.29, 0.717) is 6.61 Å². The van der Waals surface area contributed by atoms with Crippen molar-refractivity contribution in [1.29, 1.82) is 0 Å². The third kappa shape index (κ3) is 4.72. The molecule has 0 spiro atoms. The molecule has 1 aromatic carbocycles. The van der Waals surface area contributed by atoms with Crippen LogP contribution in [0.5, 0.6) is 0 Å². The predicted octanol–water partition coefficient (Wildman–Crippen LogP) is 3.04. The molecular weight excluding hydrogens is 304 g/mol. The van der Waals surface area contributed by atoms with Crippen molar-refractivity contribution in [1.82, 2.24) is 9.88 Å². The number of nitrogens with zero attached hydrogens (tertiary/aromatic N) is 2. The van der Waals surface area contributed by atoms with Crippen LogP contribution in [0.4, 0.5) is 19.3 Å². The van der Waals surface area contributed by atoms with Gasteiger partial charge in [-0.05, 0) is 29.8 Å². The predicted molar refractivity (Wildman–Crippen MR) is 81.9 cm³/mol. The van der Waals surface area contributed by atoms with Crippen molar-refractivity contribution < 1.29 is 18.3 Å². The summed E-state index contributed by atoms with van der Waals surface area (Å²) >= 11 is 0. The summed E-state index contributed by atoms with van der Waals surface area (Å²) in [4.78, 5) is 17.7. The third-order valence-corrected chi connectivity index (χ3v) is 3.17. The number of hydrogen-bond donors (Lipinski definition) is 1. The zero-order valence-corrected chi connectivity index (χ0v) is 12.6. The number of nitrogens with one attached hydrogen (secondary N) is 1. The van der Waals surface area contributed by atoms with Gasteiger partial charge in [-0.3, -0.25) is 4.98 Å². The monoisotopic (exact) mass is 321 g/mol. The Morgan fingerprint density at radius 3 is 2.48 bits per heavy atom. The van der Waals surface area contributed by atoms with Crippen LogP contribution in [0.2, 0.25) is 0 Å². The fraction of sp³-hybridized carbons (Fsp3) is 0.250. The van der Waals surface area contributed by atoms with Gasteiger partial charge in [-0.1, -0.05) is 6.07 Å². The first kappa shape index (κ1) is 16.8. The lowest BCUT2D eigenvalue weighted by molar-refractivity contribution is 0.152. The van der Waals surface area contributed by atoms with Gasteiger partial charge in [-0.2, -0.15) is 0 Å². The molecule has 0 radical (unpaired) electrons. The summed E-state index contributed by atoms with van der Waals surface area (Å²) in [5, 5.41) is 2.27. The highest BCUT2D eigenvalue weighted by Gasteiger charge is 2.18. The highest BCUT2D eigenvalue weighted by Crippen LogP contribution is 2.19. The van der Waals surface area contributed by atoms with Crippen LogP contribution in [0.1, 0.15) is 5.56 Å². The second-order valence-corrected chi connectivity index (χ2v) is 4.80. The molecule has 23 heavy (non-hydrogen) atoms. The van der Waals surface area contributed by atoms with Crippen molar-refractivity contribution in [2.24, 2.45) is 0 Å². The average molecular weight is 321 g/mol. The average Bonchev–Trinajstić information content (AvgIpc) is 2.55. The molecule has 0 aliphatic carbocycles. The molecule has 0 saturated carbocycles. The maximum atomic E-state index is 13.6. The van der Waals surface area contributed by atoms with E-state index in [-0.39, 0.29) is 13.1 Å². The SMILES string of the molecule is COCCN(Cc1ccncc1)C(=O)Nc1c(F)cccc1F. The van der Waals surface area contributed by atoms with Gasteiger partial charge >= 0.3 is 6.03 Å². The molecule has 7 heteroatoms. The summed E-state index contributed by atoms with van der Waals surface area (Å²) in [6, 6.07) is 6.32. The molecule has 2 amide bonds. The summed E-state index contributed by atoms with van der Waals surface area (Å²) in [6.07, 6.45) is 3.22. The first-order valence-corrected chi connectivity index (χ1v) is 6.99. The Bertz CT molecular complexity index is 633. The largest absolute Gasteiger partial charge is 0.383 e. The van der Waals surface area contributed by atoms with Gasteiger partial charge in [-0.15, -0.1) is 0 Å². The van der Waals surface area contributed by atoms with Crippen molar-refractivity contribution >= 4 is 11.7 Å². The van der Waals surface area contributed by atoms with Crippen LogP contribution in [0.15, 0.2) is 42.7 Å². The minimum atomic E-state index is -0.825. The van der Waals surface area contributed by atoms with Gasteiger partial charge in [0.05, 0.1) is 6.61 Å². The Balaban J connectivity index is 2.13. The lowest BCUT2D eigenvalue weighted by atomic mass is 10.2. The Labute approximate surface area is 132 Å². The highest BCUT2D eigenvalue weighted by molar-refractivity contribution is 5.89. The van der Waals surface area contributed by atoms with Crippen molar-refractivity contribution in [3.8, 4) is 0 Å². The van der Waals surface area contributed by atoms with Crippen molar-refractivity contribution in [2.45, 2.75) is 6.54 Å². The molecule has 0 bridgehead atoms. The topological polar surface area (TPSA) is 54.5 Å². The van der Waals surface area contributed by atoms with E-state index < -0.39 is 23.4 Å². The molecule has 5 nitrogen and oxygen atoms in total. The molecule has 2 aromatic rings. The van der Waals surface area contributed by atoms with E-state index in [1.807, 2.05) is 0 Å². The van der Waals surface area contributed by atoms with Gasteiger partial charge in [0.15, 0.2) is 0 Å². The van der Waals surface area contributed by atoms with E-state index in [4.69, 9.17) is 4.74 Å². The first-order chi connectivity index (χ1) is 11.1. The van der Waals surface area contributed by atoms with Gasteiger partial charge in [0.25, 0.3) is 0 Å². The van der Waals surface area contributed by atoms with E-state index in [0.717, 1.165) is 17.7 Å². The lowest BCUT2D eigenvalue weighted by Gasteiger charge is -2.23. The van der Waals surface area contributed by atoms with E-state index >= 15 is 0 Å². The number of halogens is 2. The van der Waals surface area contributed by atoms with Crippen LogP contribution in [0.25, 0.3) is 0 Å². The van der Waals surface area contributed by atoms with E-state index in [1.165, 1.54) is 18.1 Å². The van der Waals surface area contributed by atoms with Crippen LogP contribution >= 0.6 is 0 Å². The number of anilines is 1. The summed E-state index contributed by atoms with van der Waals surface area (Å²) in [7, 11) is 1.51. The molecular formula is C16H17F2N3O2. The van der Waals surface area contributed by atoms with Crippen LogP contribution in [-0.2, 0) is 11.3 Å². The van der Waals surface area contributed by atoms with Crippen molar-refractivity contribution in [2.75, 3.05) is 25.6 Å². The smallest absolute Gasteiger partial charge is 0.322 e. The van der Waals surface area contributed by atoms with Gasteiger partial charge < -0.3 is 15.0 Å². The Kier molecular flexibility index (Phi) is 5.99. The van der Waals surface area contributed by atoms with Crippen molar-refractivity contribution in [3.05, 3.63) is 59.9 Å². The zero-order valence-electron chi connectivity index (χ0n) is 12.6. The van der Waals surface area contributed by atoms with Gasteiger partial charge in [-0.25, -0.2) is 13.6 Å². The van der Waals surface area contributed by atoms with Gasteiger partial charge in [0.1, 0.15) is 17.3 Å². The Hall–Kier alpha value is -2.54. The second kappa shape index (κ2) is 8.19. The maximum absolute atomic E-state index is 13.6. The van der Waals surface area contributed by atoms with Crippen LogP contribution in [0.3, 0.4) is 0 Å². The Morgan fingerprint density at radius 1 is 1.22 bits per heavy atom. The van der Waals surface area contributed by atoms with E-state index in [1.54, 1.807) is 24.5 Å². The molecule has 0 aliphatic heterocycles. The molecule has 2 rings (SSSR count). The molecule has 0 unspecified atom stereocenters. The zero-order chi connectivity index (χ0) is 16.7. The number of urea groups is 1. The molecule has 0 aliphatic rings. The quantitative estimate of drug-likeness (QED) is 0.890. The standard InChI is InChI=1S/C16H17F2N3O2/c1-23-10-9-21(11-12-5-7-19-8-6-12)16(22)20-15-13(17)3-2-4-14(15)18/h2-8H,9-11H2,1H3,(H,20,22). The third-order valence-electron chi connectivity index (χ3n) is 3.17. The van der Waals surface area contributed by atoms with Crippen LogP contribution < -0.4 is 5.32 Å². The number of carbonyl (C=O) groups is 1. The van der Waals surface area contributed by atoms with Gasteiger partial charge in [0.2, 0.25) is 0 Å². The number of carbonyl (C=O) groups excluding carboxylic acids is 1. The lowest BCUT2D eigenvalue weighted by Crippen LogP contribution is -2.37. The summed E-state index contributed by atoms with van der Waals surface area (Å²) in [5.74, 6) is -1.65. The van der Waals surface area contributed by atoms with Crippen molar-refractivity contribution in [3.63, 3.8) is 0 Å². The van der Waals surface area contributed by atoms with Crippen LogP contribution in [0, 0.1) is 11.6 Å². The summed E-state index contributed by atoms with van der Waals surface area (Å²) in [6.45, 7) is 0.854. The van der Waals surface area contributed by atoms with E-state index in [2.05, 4.69) is 10.3 Å². The summed E-state index contributed by atoms with van der Waals surface area (Å²) < 4.78 is 32.3. The molecule has 0 atom stereocenters. The number of pyridine rings is 1. The second-order valence-electron chi connectivity index (χ2n) is 4.80. The number of aromatic nitrogens is 1. The normalized spacial score (nSPS) is 10.4. The molecule has 1 aromatic heterocycles. The molecule has 1 N–H and O–H groups in total. The maximum Gasteiger partial charge on any atom is 0.322 e. The van der Waals surface area contributed by atoms with E-state index in [9.17, 15) is 13.6 Å². The molecule has 0 fully saturated rings.